The molecule has 33 heavy (non-hydrogen) atoms. The van der Waals surface area contributed by atoms with Gasteiger partial charge in [-0.05, 0) is 60.2 Å². The molecule has 4 aromatic carbocycles. The Hall–Kier alpha value is -3.97. The fourth-order valence-electron chi connectivity index (χ4n) is 3.19. The lowest BCUT2D eigenvalue weighted by molar-refractivity contribution is 0.0734. The number of phenols is 1. The van der Waals surface area contributed by atoms with E-state index in [9.17, 15) is 14.7 Å². The van der Waals surface area contributed by atoms with Gasteiger partial charge in [-0.3, -0.25) is 4.79 Å². The zero-order valence-electron chi connectivity index (χ0n) is 17.6. The molecule has 0 unspecified atom stereocenters. The molecule has 0 heterocycles. The average Bonchev–Trinajstić information content (AvgIpc) is 2.80. The molecule has 1 amide bonds. The molecule has 4 rings (SSSR count). The van der Waals surface area contributed by atoms with Crippen LogP contribution in [-0.4, -0.2) is 23.2 Å². The molecule has 0 spiro atoms. The number of hydrogen-bond acceptors (Lipinski definition) is 5. The summed E-state index contributed by atoms with van der Waals surface area (Å²) in [5, 5.41) is 15.9. The largest absolute Gasteiger partial charge is 0.507 e. The summed E-state index contributed by atoms with van der Waals surface area (Å²) in [6, 6.07) is 22.7. The third-order valence-corrected chi connectivity index (χ3v) is 5.43. The second-order valence-electron chi connectivity index (χ2n) is 7.35. The third-order valence-electron chi connectivity index (χ3n) is 4.94. The van der Waals surface area contributed by atoms with Crippen molar-refractivity contribution in [2.75, 3.05) is 0 Å². The van der Waals surface area contributed by atoms with Gasteiger partial charge in [0.25, 0.3) is 5.91 Å². The van der Waals surface area contributed by atoms with E-state index in [0.717, 1.165) is 20.8 Å². The van der Waals surface area contributed by atoms with Crippen molar-refractivity contribution in [1.29, 1.82) is 0 Å². The van der Waals surface area contributed by atoms with Gasteiger partial charge in [-0.2, -0.15) is 5.10 Å². The Labute approximate surface area is 198 Å². The highest BCUT2D eigenvalue weighted by Gasteiger charge is 2.13. The maximum Gasteiger partial charge on any atom is 0.343 e. The molecule has 164 valence electrons. The van der Waals surface area contributed by atoms with Crippen molar-refractivity contribution in [3.8, 4) is 11.5 Å². The summed E-state index contributed by atoms with van der Waals surface area (Å²) in [6.45, 7) is 1.93. The Kier molecular flexibility index (Phi) is 6.51. The number of hydrazone groups is 1. The number of aryl methyl sites for hydroxylation is 1. The number of phenolic OH excluding ortho intramolecular Hbond substituents is 1. The van der Waals surface area contributed by atoms with Gasteiger partial charge in [0.05, 0.1) is 17.3 Å². The lowest BCUT2D eigenvalue weighted by Crippen LogP contribution is -2.18. The maximum absolute atomic E-state index is 12.6. The molecule has 6 nitrogen and oxygen atoms in total. The number of halogens is 1. The minimum Gasteiger partial charge on any atom is -0.507 e. The monoisotopic (exact) mass is 502 g/mol. The molecule has 2 N–H and O–H groups in total. The molecule has 0 aliphatic heterocycles. The van der Waals surface area contributed by atoms with Gasteiger partial charge in [0.1, 0.15) is 11.5 Å². The van der Waals surface area contributed by atoms with Crippen LogP contribution < -0.4 is 10.2 Å². The topological polar surface area (TPSA) is 88.0 Å². The first kappa shape index (κ1) is 22.2. The van der Waals surface area contributed by atoms with Crippen LogP contribution in [0.5, 0.6) is 11.5 Å². The van der Waals surface area contributed by atoms with Crippen molar-refractivity contribution in [3.63, 3.8) is 0 Å². The molecule has 4 aromatic rings. The van der Waals surface area contributed by atoms with E-state index >= 15 is 0 Å². The molecular formula is C26H19BrN2O4. The maximum atomic E-state index is 12.6. The van der Waals surface area contributed by atoms with E-state index in [4.69, 9.17) is 4.74 Å². The van der Waals surface area contributed by atoms with Gasteiger partial charge in [0.2, 0.25) is 0 Å². The number of aromatic hydroxyl groups is 1. The number of fused-ring (bicyclic) bond motifs is 1. The lowest BCUT2D eigenvalue weighted by atomic mass is 10.1. The minimum atomic E-state index is -0.567. The number of benzene rings is 4. The van der Waals surface area contributed by atoms with E-state index in [1.165, 1.54) is 12.3 Å². The zero-order valence-corrected chi connectivity index (χ0v) is 19.2. The van der Waals surface area contributed by atoms with Crippen LogP contribution in [0.15, 0.2) is 88.4 Å². The normalized spacial score (nSPS) is 11.0. The van der Waals surface area contributed by atoms with Crippen molar-refractivity contribution in [2.24, 2.45) is 5.10 Å². The smallest absolute Gasteiger partial charge is 0.343 e. The summed E-state index contributed by atoms with van der Waals surface area (Å²) >= 11 is 3.38. The van der Waals surface area contributed by atoms with Crippen LogP contribution in [0, 0.1) is 6.92 Å². The Morgan fingerprint density at radius 3 is 2.39 bits per heavy atom. The molecule has 0 bridgehead atoms. The Morgan fingerprint density at radius 1 is 0.970 bits per heavy atom. The number of rotatable bonds is 5. The van der Waals surface area contributed by atoms with Crippen LogP contribution >= 0.6 is 15.9 Å². The summed E-state index contributed by atoms with van der Waals surface area (Å²) in [4.78, 5) is 25.1. The van der Waals surface area contributed by atoms with Crippen molar-refractivity contribution in [1.82, 2.24) is 5.43 Å². The molecule has 0 aromatic heterocycles. The number of esters is 1. The number of nitrogens with zero attached hydrogens (tertiary/aromatic N) is 1. The van der Waals surface area contributed by atoms with Gasteiger partial charge in [0.15, 0.2) is 0 Å². The highest BCUT2D eigenvalue weighted by atomic mass is 79.9. The molecule has 0 aliphatic rings. The van der Waals surface area contributed by atoms with Gasteiger partial charge in [-0.15, -0.1) is 0 Å². The van der Waals surface area contributed by atoms with Gasteiger partial charge in [0, 0.05) is 10.0 Å². The molecule has 0 saturated carbocycles. The number of carbonyl (C=O) groups is 2. The van der Waals surface area contributed by atoms with Crippen LogP contribution in [0.25, 0.3) is 10.8 Å². The van der Waals surface area contributed by atoms with Gasteiger partial charge < -0.3 is 9.84 Å². The van der Waals surface area contributed by atoms with E-state index in [-0.39, 0.29) is 17.1 Å². The Balaban J connectivity index is 1.51. The third kappa shape index (κ3) is 5.27. The second-order valence-corrected chi connectivity index (χ2v) is 8.27. The van der Waals surface area contributed by atoms with Gasteiger partial charge in [-0.1, -0.05) is 57.9 Å². The number of ether oxygens (including phenoxy) is 1. The standard InChI is InChI=1S/C26H19BrN2O4/c1-16-6-8-17(9-7-16)26(32)33-24-11-10-21(27)12-20(24)15-28-29-25(31)22-13-18-4-2-3-5-19(18)14-23(22)30/h2-15,30H,1H3,(H,29,31). The van der Waals surface area contributed by atoms with Crippen LogP contribution in [0.3, 0.4) is 0 Å². The minimum absolute atomic E-state index is 0.103. The first-order valence-corrected chi connectivity index (χ1v) is 10.8. The summed E-state index contributed by atoms with van der Waals surface area (Å²) in [6.07, 6.45) is 1.37. The zero-order chi connectivity index (χ0) is 23.4. The molecule has 0 radical (unpaired) electrons. The molecular weight excluding hydrogens is 484 g/mol. The van der Waals surface area contributed by atoms with Crippen LogP contribution in [0.4, 0.5) is 0 Å². The van der Waals surface area contributed by atoms with Gasteiger partial charge in [-0.25, -0.2) is 10.2 Å². The number of amides is 1. The number of hydrogen-bond donors (Lipinski definition) is 2. The predicted molar refractivity (Wildman–Crippen MR) is 131 cm³/mol. The quantitative estimate of drug-likeness (QED) is 0.161. The van der Waals surface area contributed by atoms with E-state index in [0.29, 0.717) is 11.1 Å². The molecule has 0 saturated heterocycles. The number of carbonyl (C=O) groups excluding carboxylic acids is 2. The van der Waals surface area contributed by atoms with E-state index in [2.05, 4.69) is 26.5 Å². The highest BCUT2D eigenvalue weighted by Crippen LogP contribution is 2.25. The fraction of sp³-hybridized carbons (Fsp3) is 0.0385. The molecule has 0 atom stereocenters. The fourth-order valence-corrected chi connectivity index (χ4v) is 3.57. The molecule has 0 fully saturated rings. The van der Waals surface area contributed by atoms with E-state index < -0.39 is 11.9 Å². The number of nitrogens with one attached hydrogen (secondary N) is 1. The van der Waals surface area contributed by atoms with Crippen molar-refractivity contribution in [2.45, 2.75) is 6.92 Å². The van der Waals surface area contributed by atoms with Crippen LogP contribution in [0.2, 0.25) is 0 Å². The first-order chi connectivity index (χ1) is 15.9. The lowest BCUT2D eigenvalue weighted by Gasteiger charge is -2.09. The van der Waals surface area contributed by atoms with Crippen LogP contribution in [-0.2, 0) is 0 Å². The summed E-state index contributed by atoms with van der Waals surface area (Å²) in [7, 11) is 0. The Morgan fingerprint density at radius 2 is 1.67 bits per heavy atom. The first-order valence-electron chi connectivity index (χ1n) is 10.0. The van der Waals surface area contributed by atoms with E-state index in [1.807, 2.05) is 43.3 Å². The van der Waals surface area contributed by atoms with E-state index in [1.54, 1.807) is 36.4 Å². The molecule has 7 heteroatoms. The van der Waals surface area contributed by atoms with Gasteiger partial charge >= 0.3 is 5.97 Å². The Bertz CT molecular complexity index is 1380. The van der Waals surface area contributed by atoms with Crippen molar-refractivity contribution >= 4 is 44.8 Å². The second kappa shape index (κ2) is 9.67. The van der Waals surface area contributed by atoms with Crippen molar-refractivity contribution in [3.05, 3.63) is 106 Å². The highest BCUT2D eigenvalue weighted by molar-refractivity contribution is 9.10. The summed E-state index contributed by atoms with van der Waals surface area (Å²) in [5.41, 5.74) is 4.45. The van der Waals surface area contributed by atoms with Crippen LogP contribution in [0.1, 0.15) is 31.8 Å². The summed E-state index contributed by atoms with van der Waals surface area (Å²) in [5.74, 6) is -0.924. The summed E-state index contributed by atoms with van der Waals surface area (Å²) < 4.78 is 6.28. The van der Waals surface area contributed by atoms with Crippen molar-refractivity contribution < 1.29 is 19.4 Å². The molecule has 0 aliphatic carbocycles. The average molecular weight is 503 g/mol. The SMILES string of the molecule is Cc1ccc(C(=O)Oc2ccc(Br)cc2C=NNC(=O)c2cc3ccccc3cc2O)cc1. The predicted octanol–water partition coefficient (Wildman–Crippen LogP) is 5.60.